The molecule has 0 spiro atoms. The van der Waals surface area contributed by atoms with Crippen molar-refractivity contribution in [2.24, 2.45) is 0 Å². The van der Waals surface area contributed by atoms with Crippen LogP contribution >= 0.6 is 0 Å². The Balaban J connectivity index is 0.00000360. The number of fused-ring (bicyclic) bond motifs is 7. The zero-order valence-electron chi connectivity index (χ0n) is 28.9. The molecule has 0 radical (unpaired) electrons. The molecule has 10 rings (SSSR count). The van der Waals surface area contributed by atoms with Crippen LogP contribution in [-0.4, -0.2) is 19.1 Å². The van der Waals surface area contributed by atoms with E-state index in [1.807, 2.05) is 24.4 Å². The van der Waals surface area contributed by atoms with Gasteiger partial charge in [-0.25, -0.2) is 9.97 Å². The average Bonchev–Trinajstić information content (AvgIpc) is 3.84. The molecule has 0 saturated carbocycles. The SMILES string of the molecule is CC(C)(C)c1ccc2c(c1)c1cccnc1n2-c1[c-]c(-c2cccc3c2nc(-c2cccc4c2[n-]c2ccccc24)n3-c2ccccc2)ccc1.[Pt+2]. The van der Waals surface area contributed by atoms with Gasteiger partial charge in [-0.05, 0) is 69.9 Å². The van der Waals surface area contributed by atoms with E-state index in [2.05, 4.69) is 157 Å². The normalized spacial score (nSPS) is 12.0. The topological polar surface area (TPSA) is 49.7 Å². The summed E-state index contributed by atoms with van der Waals surface area (Å²) < 4.78 is 4.50. The minimum absolute atomic E-state index is 0. The molecule has 0 aliphatic rings. The second-order valence-corrected chi connectivity index (χ2v) is 14.3. The van der Waals surface area contributed by atoms with E-state index in [1.165, 1.54) is 10.9 Å². The maximum absolute atomic E-state index is 5.46. The predicted molar refractivity (Wildman–Crippen MR) is 210 cm³/mol. The first-order valence-corrected chi connectivity index (χ1v) is 17.4. The van der Waals surface area contributed by atoms with Crippen LogP contribution in [-0.2, 0) is 26.5 Å². The number of aromatic nitrogens is 5. The van der Waals surface area contributed by atoms with Crippen LogP contribution in [0.5, 0.6) is 0 Å². The summed E-state index contributed by atoms with van der Waals surface area (Å²) in [6.45, 7) is 6.77. The fraction of sp³-hybridized carbons (Fsp3) is 0.0870. The summed E-state index contributed by atoms with van der Waals surface area (Å²) in [4.78, 5) is 15.5. The maximum atomic E-state index is 5.46. The second kappa shape index (κ2) is 12.2. The van der Waals surface area contributed by atoms with Crippen molar-refractivity contribution in [3.05, 3.63) is 157 Å². The maximum Gasteiger partial charge on any atom is 2.00 e. The summed E-state index contributed by atoms with van der Waals surface area (Å²) in [6.07, 6.45) is 1.87. The molecule has 0 saturated heterocycles. The van der Waals surface area contributed by atoms with E-state index in [-0.39, 0.29) is 26.5 Å². The van der Waals surface area contributed by atoms with Crippen molar-refractivity contribution >= 4 is 54.8 Å². The third kappa shape index (κ3) is 4.95. The molecular formula is C46H33N5Pt. The molecule has 52 heavy (non-hydrogen) atoms. The summed E-state index contributed by atoms with van der Waals surface area (Å²) in [5.41, 5.74) is 12.2. The Morgan fingerprint density at radius 2 is 1.37 bits per heavy atom. The molecule has 5 nitrogen and oxygen atoms in total. The Bertz CT molecular complexity index is 2960. The van der Waals surface area contributed by atoms with Gasteiger partial charge in [-0.1, -0.05) is 105 Å². The molecule has 4 heterocycles. The molecular weight excluding hydrogens is 818 g/mol. The Morgan fingerprint density at radius 3 is 2.23 bits per heavy atom. The van der Waals surface area contributed by atoms with Crippen LogP contribution in [0.3, 0.4) is 0 Å². The van der Waals surface area contributed by atoms with Gasteiger partial charge >= 0.3 is 21.1 Å². The van der Waals surface area contributed by atoms with Gasteiger partial charge < -0.3 is 9.55 Å². The number of hydrogen-bond acceptors (Lipinski definition) is 2. The number of pyridine rings is 1. The third-order valence-corrected chi connectivity index (χ3v) is 10.1. The van der Waals surface area contributed by atoms with E-state index in [9.17, 15) is 0 Å². The molecule has 0 atom stereocenters. The summed E-state index contributed by atoms with van der Waals surface area (Å²) in [5, 5.41) is 4.61. The molecule has 0 N–H and O–H groups in total. The Labute approximate surface area is 315 Å². The standard InChI is InChI=1S/C46H33N5.Pt/c1-46(2,3)30-24-25-40-38(28-30)36-21-12-26-47-44(36)51(40)32-16-9-13-29(27-32)33-18-11-23-41-43(33)49-45(50(41)31-14-5-4-6-15-31)37-20-10-19-35-34-17-7-8-22-39(34)48-42(35)37;/h4-26,28H,1-3H3;/q-2;+2. The molecule has 0 aliphatic carbocycles. The van der Waals surface area contributed by atoms with Gasteiger partial charge in [0.05, 0.1) is 16.6 Å². The second-order valence-electron chi connectivity index (χ2n) is 14.3. The summed E-state index contributed by atoms with van der Waals surface area (Å²) in [5.74, 6) is 0.856. The van der Waals surface area contributed by atoms with E-state index in [4.69, 9.17) is 15.0 Å². The van der Waals surface area contributed by atoms with Gasteiger partial charge in [-0.3, -0.25) is 4.57 Å². The minimum atomic E-state index is 0. The van der Waals surface area contributed by atoms with Crippen LogP contribution in [0.25, 0.3) is 88.7 Å². The Kier molecular flexibility index (Phi) is 7.53. The number of para-hydroxylation sites is 4. The molecule has 252 valence electrons. The minimum Gasteiger partial charge on any atom is -0.656 e. The van der Waals surface area contributed by atoms with Crippen molar-refractivity contribution in [3.8, 4) is 33.9 Å². The van der Waals surface area contributed by atoms with Crippen LogP contribution in [0.4, 0.5) is 0 Å². The van der Waals surface area contributed by atoms with E-state index in [1.54, 1.807) is 0 Å². The first-order valence-electron chi connectivity index (χ1n) is 17.4. The fourth-order valence-corrected chi connectivity index (χ4v) is 7.62. The van der Waals surface area contributed by atoms with Crippen molar-refractivity contribution in [1.29, 1.82) is 0 Å². The van der Waals surface area contributed by atoms with Crippen LogP contribution in [0.2, 0.25) is 0 Å². The van der Waals surface area contributed by atoms with Gasteiger partial charge in [-0.15, -0.1) is 40.9 Å². The summed E-state index contributed by atoms with van der Waals surface area (Å²) in [6, 6.07) is 52.8. The number of nitrogens with zero attached hydrogens (tertiary/aromatic N) is 5. The third-order valence-electron chi connectivity index (χ3n) is 10.1. The first-order chi connectivity index (χ1) is 24.9. The van der Waals surface area contributed by atoms with Gasteiger partial charge in [0.1, 0.15) is 11.5 Å². The quantitative estimate of drug-likeness (QED) is 0.166. The van der Waals surface area contributed by atoms with Crippen molar-refractivity contribution in [2.45, 2.75) is 26.2 Å². The van der Waals surface area contributed by atoms with Gasteiger partial charge in [0, 0.05) is 28.2 Å². The van der Waals surface area contributed by atoms with Gasteiger partial charge in [0.25, 0.3) is 0 Å². The molecule has 0 amide bonds. The summed E-state index contributed by atoms with van der Waals surface area (Å²) >= 11 is 0. The van der Waals surface area contributed by atoms with Crippen molar-refractivity contribution in [3.63, 3.8) is 0 Å². The molecule has 0 fully saturated rings. The van der Waals surface area contributed by atoms with Gasteiger partial charge in [0.15, 0.2) is 0 Å². The van der Waals surface area contributed by atoms with Crippen molar-refractivity contribution in [2.75, 3.05) is 0 Å². The Morgan fingerprint density at radius 1 is 0.615 bits per heavy atom. The number of imidazole rings is 1. The molecule has 0 bridgehead atoms. The van der Waals surface area contributed by atoms with Crippen LogP contribution in [0.1, 0.15) is 26.3 Å². The van der Waals surface area contributed by atoms with Crippen LogP contribution in [0.15, 0.2) is 146 Å². The van der Waals surface area contributed by atoms with E-state index < -0.39 is 0 Å². The zero-order valence-corrected chi connectivity index (χ0v) is 31.2. The molecule has 6 aromatic carbocycles. The average molecular weight is 851 g/mol. The van der Waals surface area contributed by atoms with Crippen LogP contribution in [0, 0.1) is 6.07 Å². The van der Waals surface area contributed by atoms with E-state index >= 15 is 0 Å². The smallest absolute Gasteiger partial charge is 0.656 e. The van der Waals surface area contributed by atoms with Gasteiger partial charge in [0.2, 0.25) is 0 Å². The number of hydrogen-bond donors (Lipinski definition) is 0. The first kappa shape index (κ1) is 32.2. The van der Waals surface area contributed by atoms with Crippen LogP contribution < -0.4 is 4.98 Å². The zero-order chi connectivity index (χ0) is 34.3. The number of rotatable bonds is 4. The Hall–Kier alpha value is -5.77. The fourth-order valence-electron chi connectivity index (χ4n) is 7.62. The predicted octanol–water partition coefficient (Wildman–Crippen LogP) is 11.2. The molecule has 4 aromatic heterocycles. The van der Waals surface area contributed by atoms with Crippen molar-refractivity contribution in [1.82, 2.24) is 24.1 Å². The van der Waals surface area contributed by atoms with Gasteiger partial charge in [-0.2, -0.15) is 0 Å². The molecule has 6 heteroatoms. The van der Waals surface area contributed by atoms with E-state index in [0.29, 0.717) is 0 Å². The number of benzene rings is 6. The molecule has 0 unspecified atom stereocenters. The summed E-state index contributed by atoms with van der Waals surface area (Å²) in [7, 11) is 0. The molecule has 0 aliphatic heterocycles. The van der Waals surface area contributed by atoms with Crippen molar-refractivity contribution < 1.29 is 21.1 Å². The monoisotopic (exact) mass is 850 g/mol. The largest absolute Gasteiger partial charge is 2.00 e. The van der Waals surface area contributed by atoms with E-state index in [0.717, 1.165) is 83.3 Å². The molecule has 10 aromatic rings.